The van der Waals surface area contributed by atoms with Crippen LogP contribution < -0.4 is 16.0 Å². The Hall–Kier alpha value is -1.85. The van der Waals surface area contributed by atoms with Gasteiger partial charge in [-0.05, 0) is 36.6 Å². The molecular weight excluding hydrogens is 240 g/mol. The molecule has 1 heterocycles. The van der Waals surface area contributed by atoms with Crippen LogP contribution in [0.15, 0.2) is 36.5 Å². The van der Waals surface area contributed by atoms with Gasteiger partial charge in [0.2, 0.25) is 0 Å². The van der Waals surface area contributed by atoms with E-state index in [9.17, 15) is 0 Å². The van der Waals surface area contributed by atoms with Crippen molar-refractivity contribution in [3.8, 4) is 5.75 Å². The van der Waals surface area contributed by atoms with E-state index in [4.69, 9.17) is 10.6 Å². The van der Waals surface area contributed by atoms with Gasteiger partial charge in [0.1, 0.15) is 5.75 Å². The molecule has 3 N–H and O–H groups in total. The van der Waals surface area contributed by atoms with Crippen LogP contribution in [0.2, 0.25) is 0 Å². The van der Waals surface area contributed by atoms with E-state index in [2.05, 4.69) is 22.7 Å². The molecule has 0 saturated carbocycles. The zero-order valence-corrected chi connectivity index (χ0v) is 11.3. The standard InChI is InChI=1S/C14H20N4O/c1-18-10-9-14(17-18)13(16-15)8-5-11-3-6-12(19-2)7-4-11/h3-4,6-7,9-10,13,16H,5,8,15H2,1-2H3. The third kappa shape index (κ3) is 3.56. The minimum Gasteiger partial charge on any atom is -0.497 e. The minimum atomic E-state index is 0.0725. The summed E-state index contributed by atoms with van der Waals surface area (Å²) >= 11 is 0. The Morgan fingerprint density at radius 1 is 1.32 bits per heavy atom. The Labute approximate surface area is 113 Å². The lowest BCUT2D eigenvalue weighted by atomic mass is 10.0. The van der Waals surface area contributed by atoms with Gasteiger partial charge in [0.25, 0.3) is 0 Å². The molecule has 0 bridgehead atoms. The van der Waals surface area contributed by atoms with Crippen LogP contribution >= 0.6 is 0 Å². The van der Waals surface area contributed by atoms with Gasteiger partial charge in [-0.3, -0.25) is 16.0 Å². The molecule has 0 radical (unpaired) electrons. The number of nitrogens with zero attached hydrogens (tertiary/aromatic N) is 2. The van der Waals surface area contributed by atoms with Gasteiger partial charge in [-0.15, -0.1) is 0 Å². The van der Waals surface area contributed by atoms with Crippen molar-refractivity contribution in [2.24, 2.45) is 12.9 Å². The van der Waals surface area contributed by atoms with E-state index in [1.165, 1.54) is 5.56 Å². The zero-order chi connectivity index (χ0) is 13.7. The van der Waals surface area contributed by atoms with E-state index in [1.54, 1.807) is 11.8 Å². The summed E-state index contributed by atoms with van der Waals surface area (Å²) in [7, 11) is 3.57. The first-order chi connectivity index (χ1) is 9.22. The number of hydrazine groups is 1. The number of nitrogens with one attached hydrogen (secondary N) is 1. The average Bonchev–Trinajstić information content (AvgIpc) is 2.87. The number of benzene rings is 1. The first-order valence-electron chi connectivity index (χ1n) is 6.31. The summed E-state index contributed by atoms with van der Waals surface area (Å²) in [6.07, 6.45) is 3.77. The van der Waals surface area contributed by atoms with Crippen molar-refractivity contribution in [2.45, 2.75) is 18.9 Å². The Kier molecular flexibility index (Phi) is 4.54. The van der Waals surface area contributed by atoms with Crippen LogP contribution in [0.3, 0.4) is 0 Å². The van der Waals surface area contributed by atoms with E-state index in [-0.39, 0.29) is 6.04 Å². The predicted molar refractivity (Wildman–Crippen MR) is 74.6 cm³/mol. The molecule has 1 aromatic heterocycles. The van der Waals surface area contributed by atoms with Crippen LogP contribution in [0.4, 0.5) is 0 Å². The maximum Gasteiger partial charge on any atom is 0.118 e. The van der Waals surface area contributed by atoms with Crippen LogP contribution in [0.25, 0.3) is 0 Å². The van der Waals surface area contributed by atoms with E-state index in [1.807, 2.05) is 31.4 Å². The van der Waals surface area contributed by atoms with Gasteiger partial charge >= 0.3 is 0 Å². The van der Waals surface area contributed by atoms with Crippen molar-refractivity contribution in [1.82, 2.24) is 15.2 Å². The molecule has 19 heavy (non-hydrogen) atoms. The summed E-state index contributed by atoms with van der Waals surface area (Å²) in [6.45, 7) is 0. The fraction of sp³-hybridized carbons (Fsp3) is 0.357. The summed E-state index contributed by atoms with van der Waals surface area (Å²) < 4.78 is 6.93. The molecule has 0 saturated heterocycles. The molecule has 1 aromatic carbocycles. The molecule has 102 valence electrons. The fourth-order valence-corrected chi connectivity index (χ4v) is 2.04. The molecule has 0 aliphatic carbocycles. The summed E-state index contributed by atoms with van der Waals surface area (Å²) in [5, 5.41) is 4.38. The second kappa shape index (κ2) is 6.36. The number of methoxy groups -OCH3 is 1. The molecule has 0 fully saturated rings. The van der Waals surface area contributed by atoms with Crippen molar-refractivity contribution in [3.63, 3.8) is 0 Å². The molecule has 0 aliphatic heterocycles. The van der Waals surface area contributed by atoms with Crippen LogP contribution in [0, 0.1) is 0 Å². The Balaban J connectivity index is 1.95. The van der Waals surface area contributed by atoms with Gasteiger partial charge in [0.05, 0.1) is 18.8 Å². The molecule has 5 nitrogen and oxygen atoms in total. The normalized spacial score (nSPS) is 12.4. The average molecular weight is 260 g/mol. The Morgan fingerprint density at radius 2 is 2.05 bits per heavy atom. The Bertz CT molecular complexity index is 506. The second-order valence-electron chi connectivity index (χ2n) is 4.52. The largest absolute Gasteiger partial charge is 0.497 e. The van der Waals surface area contributed by atoms with Gasteiger partial charge in [-0.25, -0.2) is 0 Å². The van der Waals surface area contributed by atoms with Crippen LogP contribution in [-0.2, 0) is 13.5 Å². The van der Waals surface area contributed by atoms with Crippen molar-refractivity contribution < 1.29 is 4.74 Å². The van der Waals surface area contributed by atoms with E-state index < -0.39 is 0 Å². The lowest BCUT2D eigenvalue weighted by Gasteiger charge is -2.13. The van der Waals surface area contributed by atoms with Crippen LogP contribution in [-0.4, -0.2) is 16.9 Å². The first kappa shape index (κ1) is 13.6. The van der Waals surface area contributed by atoms with Crippen molar-refractivity contribution in [1.29, 1.82) is 0 Å². The molecule has 1 unspecified atom stereocenters. The van der Waals surface area contributed by atoms with Gasteiger partial charge in [0, 0.05) is 13.2 Å². The summed E-state index contributed by atoms with van der Waals surface area (Å²) in [5.41, 5.74) is 5.06. The molecule has 5 heteroatoms. The molecule has 2 aromatic rings. The number of hydrogen-bond donors (Lipinski definition) is 2. The van der Waals surface area contributed by atoms with Gasteiger partial charge < -0.3 is 4.74 Å². The lowest BCUT2D eigenvalue weighted by molar-refractivity contribution is 0.414. The number of nitrogens with two attached hydrogens (primary N) is 1. The number of hydrogen-bond acceptors (Lipinski definition) is 4. The third-order valence-corrected chi connectivity index (χ3v) is 3.17. The maximum atomic E-state index is 5.60. The topological polar surface area (TPSA) is 65.1 Å². The lowest BCUT2D eigenvalue weighted by Crippen LogP contribution is -2.28. The molecule has 1 atom stereocenters. The van der Waals surface area contributed by atoms with E-state index >= 15 is 0 Å². The van der Waals surface area contributed by atoms with Gasteiger partial charge in [-0.2, -0.15) is 5.10 Å². The Morgan fingerprint density at radius 3 is 2.58 bits per heavy atom. The van der Waals surface area contributed by atoms with Gasteiger partial charge in [-0.1, -0.05) is 12.1 Å². The van der Waals surface area contributed by atoms with Gasteiger partial charge in [0.15, 0.2) is 0 Å². The maximum absolute atomic E-state index is 5.60. The van der Waals surface area contributed by atoms with Crippen LogP contribution in [0.5, 0.6) is 5.75 Å². The highest BCUT2D eigenvalue weighted by Gasteiger charge is 2.12. The number of aryl methyl sites for hydroxylation is 2. The quantitative estimate of drug-likeness (QED) is 0.611. The number of aromatic nitrogens is 2. The highest BCUT2D eigenvalue weighted by molar-refractivity contribution is 5.27. The predicted octanol–water partition coefficient (Wildman–Crippen LogP) is 1.57. The summed E-state index contributed by atoms with van der Waals surface area (Å²) in [6, 6.07) is 10.2. The summed E-state index contributed by atoms with van der Waals surface area (Å²) in [4.78, 5) is 0. The minimum absolute atomic E-state index is 0.0725. The first-order valence-corrected chi connectivity index (χ1v) is 6.31. The monoisotopic (exact) mass is 260 g/mol. The van der Waals surface area contributed by atoms with Crippen LogP contribution in [0.1, 0.15) is 23.7 Å². The molecule has 0 spiro atoms. The van der Waals surface area contributed by atoms with Crippen molar-refractivity contribution >= 4 is 0 Å². The smallest absolute Gasteiger partial charge is 0.118 e. The van der Waals surface area contributed by atoms with E-state index in [0.717, 1.165) is 24.3 Å². The second-order valence-corrected chi connectivity index (χ2v) is 4.52. The molecule has 0 amide bonds. The fourth-order valence-electron chi connectivity index (χ4n) is 2.04. The zero-order valence-electron chi connectivity index (χ0n) is 11.3. The van der Waals surface area contributed by atoms with Crippen molar-refractivity contribution in [3.05, 3.63) is 47.8 Å². The highest BCUT2D eigenvalue weighted by Crippen LogP contribution is 2.18. The summed E-state index contributed by atoms with van der Waals surface area (Å²) in [5.74, 6) is 6.48. The molecular formula is C14H20N4O. The molecule has 2 rings (SSSR count). The number of rotatable bonds is 6. The molecule has 0 aliphatic rings. The third-order valence-electron chi connectivity index (χ3n) is 3.17. The van der Waals surface area contributed by atoms with E-state index in [0.29, 0.717) is 0 Å². The van der Waals surface area contributed by atoms with Crippen molar-refractivity contribution in [2.75, 3.05) is 7.11 Å². The number of ether oxygens (including phenoxy) is 1. The highest BCUT2D eigenvalue weighted by atomic mass is 16.5. The SMILES string of the molecule is COc1ccc(CCC(NN)c2ccn(C)n2)cc1.